The van der Waals surface area contributed by atoms with E-state index in [9.17, 15) is 9.59 Å². The minimum absolute atomic E-state index is 0.168. The molecule has 1 N–H and O–H groups in total. The van der Waals surface area contributed by atoms with E-state index in [1.807, 2.05) is 13.0 Å². The smallest absolute Gasteiger partial charge is 0.346 e. The number of aromatic nitrogens is 2. The number of amides is 1. The van der Waals surface area contributed by atoms with Crippen molar-refractivity contribution in [3.05, 3.63) is 65.7 Å². The van der Waals surface area contributed by atoms with Gasteiger partial charge in [0.15, 0.2) is 0 Å². The predicted molar refractivity (Wildman–Crippen MR) is 101 cm³/mol. The summed E-state index contributed by atoms with van der Waals surface area (Å²) in [6.45, 7) is 3.25. The molecule has 0 aliphatic rings. The van der Waals surface area contributed by atoms with Crippen molar-refractivity contribution in [3.8, 4) is 5.75 Å². The number of aryl methyl sites for hydroxylation is 1. The lowest BCUT2D eigenvalue weighted by Crippen LogP contribution is -2.11. The van der Waals surface area contributed by atoms with Crippen LogP contribution < -0.4 is 10.1 Å². The van der Waals surface area contributed by atoms with Gasteiger partial charge in [0.1, 0.15) is 16.5 Å². The average Bonchev–Trinajstić information content (AvgIpc) is 3.07. The Morgan fingerprint density at radius 2 is 2.00 bits per heavy atom. The van der Waals surface area contributed by atoms with Gasteiger partial charge in [-0.15, -0.1) is 0 Å². The van der Waals surface area contributed by atoms with E-state index in [4.69, 9.17) is 9.26 Å². The van der Waals surface area contributed by atoms with Crippen molar-refractivity contribution in [1.29, 1.82) is 0 Å². The number of rotatable bonds is 6. The van der Waals surface area contributed by atoms with Gasteiger partial charge in [-0.3, -0.25) is 4.79 Å². The lowest BCUT2D eigenvalue weighted by Gasteiger charge is -2.08. The maximum atomic E-state index is 12.5. The summed E-state index contributed by atoms with van der Waals surface area (Å²) in [7, 11) is 0. The number of nitrogens with zero attached hydrogens (tertiary/aromatic N) is 2. The second-order valence-corrected chi connectivity index (χ2v) is 6.63. The molecule has 0 bridgehead atoms. The van der Waals surface area contributed by atoms with Crippen molar-refractivity contribution in [1.82, 2.24) is 10.1 Å². The number of carbonyl (C=O) groups excluding carboxylic acids is 2. The predicted octanol–water partition coefficient (Wildman–Crippen LogP) is 3.85. The molecular weight excluding hydrogens is 366 g/mol. The second-order valence-electron chi connectivity index (χ2n) is 5.67. The fourth-order valence-corrected chi connectivity index (χ4v) is 3.12. The number of hydrogen-bond donors (Lipinski definition) is 1. The quantitative estimate of drug-likeness (QED) is 0.392. The highest BCUT2D eigenvalue weighted by Gasteiger charge is 2.16. The van der Waals surface area contributed by atoms with Crippen molar-refractivity contribution >= 4 is 29.3 Å². The van der Waals surface area contributed by atoms with E-state index >= 15 is 0 Å². The molecule has 2 heterocycles. The number of nitrogens with one attached hydrogen (secondary N) is 1. The number of anilines is 1. The molecule has 0 aliphatic heterocycles. The largest absolute Gasteiger partial charge is 0.423 e. The molecule has 3 aromatic rings. The number of thioether (sulfide) groups is 1. The van der Waals surface area contributed by atoms with E-state index in [0.717, 1.165) is 11.5 Å². The highest BCUT2D eigenvalue weighted by atomic mass is 32.2. The summed E-state index contributed by atoms with van der Waals surface area (Å²) in [6.07, 6.45) is 1.62. The fourth-order valence-electron chi connectivity index (χ4n) is 2.26. The van der Waals surface area contributed by atoms with Crippen LogP contribution in [-0.4, -0.2) is 22.0 Å². The number of pyridine rings is 1. The van der Waals surface area contributed by atoms with Crippen molar-refractivity contribution < 1.29 is 18.8 Å². The van der Waals surface area contributed by atoms with Crippen LogP contribution in [0.4, 0.5) is 5.69 Å². The first-order valence-electron chi connectivity index (χ1n) is 8.11. The molecule has 0 atom stereocenters. The Morgan fingerprint density at radius 3 is 2.67 bits per heavy atom. The lowest BCUT2D eigenvalue weighted by atomic mass is 10.3. The van der Waals surface area contributed by atoms with Crippen LogP contribution in [0.5, 0.6) is 5.75 Å². The Hall–Kier alpha value is -3.13. The van der Waals surface area contributed by atoms with E-state index in [1.54, 1.807) is 42.6 Å². The second kappa shape index (κ2) is 8.50. The van der Waals surface area contributed by atoms with Gasteiger partial charge in [0, 0.05) is 30.6 Å². The summed E-state index contributed by atoms with van der Waals surface area (Å²) < 4.78 is 10.5. The third-order valence-electron chi connectivity index (χ3n) is 3.41. The molecule has 3 rings (SSSR count). The highest BCUT2D eigenvalue weighted by Crippen LogP contribution is 2.25. The van der Waals surface area contributed by atoms with Gasteiger partial charge < -0.3 is 14.6 Å². The van der Waals surface area contributed by atoms with Crippen LogP contribution in [-0.2, 0) is 10.5 Å². The van der Waals surface area contributed by atoms with Crippen molar-refractivity contribution in [2.45, 2.75) is 24.6 Å². The minimum Gasteiger partial charge on any atom is -0.423 e. The van der Waals surface area contributed by atoms with Crippen LogP contribution >= 0.6 is 11.8 Å². The summed E-state index contributed by atoms with van der Waals surface area (Å²) in [5, 5.41) is 7.14. The standard InChI is InChI=1S/C19H17N3O4S/c1-12-10-15(22-26-12)11-27-18-17(4-3-9-20-18)19(24)25-16-7-5-14(6-8-16)21-13(2)23/h3-10H,11H2,1-2H3,(H,21,23). The Bertz CT molecular complexity index is 954. The topological polar surface area (TPSA) is 94.3 Å². The Morgan fingerprint density at radius 1 is 1.22 bits per heavy atom. The Labute approximate surface area is 160 Å². The minimum atomic E-state index is -0.505. The Balaban J connectivity index is 1.68. The van der Waals surface area contributed by atoms with Crippen LogP contribution in [0.15, 0.2) is 58.2 Å². The van der Waals surface area contributed by atoms with Gasteiger partial charge in [-0.25, -0.2) is 9.78 Å². The molecule has 0 unspecified atom stereocenters. The van der Waals surface area contributed by atoms with Crippen molar-refractivity contribution in [3.63, 3.8) is 0 Å². The van der Waals surface area contributed by atoms with Gasteiger partial charge in [-0.1, -0.05) is 16.9 Å². The molecular formula is C19H17N3O4S. The molecule has 1 aromatic carbocycles. The molecule has 7 nitrogen and oxygen atoms in total. The molecule has 0 aliphatic carbocycles. The van der Waals surface area contributed by atoms with E-state index in [0.29, 0.717) is 27.8 Å². The molecule has 1 amide bonds. The van der Waals surface area contributed by atoms with Crippen LogP contribution in [0.3, 0.4) is 0 Å². The van der Waals surface area contributed by atoms with Crippen LogP contribution in [0.2, 0.25) is 0 Å². The van der Waals surface area contributed by atoms with Crippen LogP contribution in [0, 0.1) is 6.92 Å². The van der Waals surface area contributed by atoms with Gasteiger partial charge in [0.2, 0.25) is 5.91 Å². The normalized spacial score (nSPS) is 10.4. The van der Waals surface area contributed by atoms with Crippen LogP contribution in [0.1, 0.15) is 28.7 Å². The lowest BCUT2D eigenvalue weighted by molar-refractivity contribution is -0.114. The fraction of sp³-hybridized carbons (Fsp3) is 0.158. The van der Waals surface area contributed by atoms with Gasteiger partial charge >= 0.3 is 5.97 Å². The molecule has 8 heteroatoms. The molecule has 27 heavy (non-hydrogen) atoms. The van der Waals surface area contributed by atoms with E-state index in [1.165, 1.54) is 18.7 Å². The number of hydrogen-bond acceptors (Lipinski definition) is 7. The maximum Gasteiger partial charge on any atom is 0.346 e. The third kappa shape index (κ3) is 5.18. The van der Waals surface area contributed by atoms with Crippen molar-refractivity contribution in [2.24, 2.45) is 0 Å². The Kier molecular flexibility index (Phi) is 5.87. The maximum absolute atomic E-state index is 12.5. The number of ether oxygens (including phenoxy) is 1. The third-order valence-corrected chi connectivity index (χ3v) is 4.45. The van der Waals surface area contributed by atoms with E-state index in [-0.39, 0.29) is 5.91 Å². The summed E-state index contributed by atoms with van der Waals surface area (Å²) >= 11 is 1.38. The highest BCUT2D eigenvalue weighted by molar-refractivity contribution is 7.98. The zero-order chi connectivity index (χ0) is 19.2. The molecule has 0 fully saturated rings. The van der Waals surface area contributed by atoms with E-state index in [2.05, 4.69) is 15.5 Å². The van der Waals surface area contributed by atoms with Gasteiger partial charge in [0.05, 0.1) is 11.3 Å². The number of esters is 1. The first-order chi connectivity index (χ1) is 13.0. The van der Waals surface area contributed by atoms with Crippen LogP contribution in [0.25, 0.3) is 0 Å². The summed E-state index contributed by atoms with van der Waals surface area (Å²) in [6, 6.07) is 11.7. The zero-order valence-electron chi connectivity index (χ0n) is 14.8. The molecule has 138 valence electrons. The summed E-state index contributed by atoms with van der Waals surface area (Å²) in [5.74, 6) is 0.961. The molecule has 0 spiro atoms. The summed E-state index contributed by atoms with van der Waals surface area (Å²) in [5.41, 5.74) is 1.77. The van der Waals surface area contributed by atoms with Gasteiger partial charge in [-0.2, -0.15) is 0 Å². The number of benzene rings is 1. The zero-order valence-corrected chi connectivity index (χ0v) is 15.6. The molecule has 0 saturated carbocycles. The van der Waals surface area contributed by atoms with Gasteiger partial charge in [0.25, 0.3) is 0 Å². The first kappa shape index (κ1) is 18.7. The number of carbonyl (C=O) groups is 2. The molecule has 0 saturated heterocycles. The molecule has 2 aromatic heterocycles. The van der Waals surface area contributed by atoms with Gasteiger partial charge in [-0.05, 0) is 43.3 Å². The average molecular weight is 383 g/mol. The van der Waals surface area contributed by atoms with E-state index < -0.39 is 5.97 Å². The summed E-state index contributed by atoms with van der Waals surface area (Å²) in [4.78, 5) is 27.8. The molecule has 0 radical (unpaired) electrons. The first-order valence-corrected chi connectivity index (χ1v) is 9.09. The SMILES string of the molecule is CC(=O)Nc1ccc(OC(=O)c2cccnc2SCc2cc(C)on2)cc1. The monoisotopic (exact) mass is 383 g/mol. The van der Waals surface area contributed by atoms with Crippen molar-refractivity contribution in [2.75, 3.05) is 5.32 Å².